The van der Waals surface area contributed by atoms with Gasteiger partial charge in [0.2, 0.25) is 0 Å². The molecule has 0 aliphatic carbocycles. The summed E-state index contributed by atoms with van der Waals surface area (Å²) in [5, 5.41) is 11.0. The van der Waals surface area contributed by atoms with Crippen LogP contribution in [0.25, 0.3) is 6.08 Å². The summed E-state index contributed by atoms with van der Waals surface area (Å²) in [6, 6.07) is 11.3. The number of carbonyl (C=O) groups is 2. The van der Waals surface area contributed by atoms with Gasteiger partial charge in [-0.15, -0.1) is 0 Å². The van der Waals surface area contributed by atoms with Crippen molar-refractivity contribution in [3.8, 4) is 5.75 Å². The topological polar surface area (TPSA) is 66.4 Å². The summed E-state index contributed by atoms with van der Waals surface area (Å²) in [5.41, 5.74) is 1.12. The number of hydrogen-bond acceptors (Lipinski definition) is 4. The fourth-order valence-electron chi connectivity index (χ4n) is 1.77. The average molecular weight is 350 g/mol. The molecule has 0 unspecified atom stereocenters. The Labute approximate surface area is 142 Å². The summed E-state index contributed by atoms with van der Waals surface area (Å²) in [5.74, 6) is -1.14. The van der Waals surface area contributed by atoms with Crippen LogP contribution in [0.15, 0.2) is 48.5 Å². The number of allylic oxidation sites excluding steroid dienone is 1. The summed E-state index contributed by atoms with van der Waals surface area (Å²) in [6.07, 6.45) is 3.02. The summed E-state index contributed by atoms with van der Waals surface area (Å²) in [6.45, 7) is -0.511. The normalized spacial score (nSPS) is 10.7. The lowest BCUT2D eigenvalue weighted by atomic mass is 10.1. The second-order valence-corrected chi connectivity index (χ2v) is 5.40. The van der Waals surface area contributed by atoms with Gasteiger partial charge in [0.25, 0.3) is 0 Å². The van der Waals surface area contributed by atoms with Crippen molar-refractivity contribution in [3.05, 3.63) is 69.7 Å². The molecule has 0 aliphatic rings. The van der Waals surface area contributed by atoms with Crippen molar-refractivity contribution in [1.82, 2.24) is 0 Å². The molecule has 0 heterocycles. The SMILES string of the molecule is O=C([O-])COc1ccc(/C=C/C(=O)c2ccc(Cl)cc2Cl)cc1. The molecule has 4 nitrogen and oxygen atoms in total. The van der Waals surface area contributed by atoms with Gasteiger partial charge in [0.1, 0.15) is 12.4 Å². The van der Waals surface area contributed by atoms with E-state index in [1.165, 1.54) is 12.1 Å². The van der Waals surface area contributed by atoms with Crippen LogP contribution in [0.3, 0.4) is 0 Å². The Hall–Kier alpha value is -2.30. The van der Waals surface area contributed by atoms with Gasteiger partial charge in [0.05, 0.1) is 11.0 Å². The Bertz CT molecular complexity index is 752. The van der Waals surface area contributed by atoms with Crippen LogP contribution < -0.4 is 9.84 Å². The lowest BCUT2D eigenvalue weighted by molar-refractivity contribution is -0.307. The smallest absolute Gasteiger partial charge is 0.187 e. The van der Waals surface area contributed by atoms with Crippen LogP contribution in [0.5, 0.6) is 5.75 Å². The fraction of sp³-hybridized carbons (Fsp3) is 0.0588. The number of carboxylic acids is 1. The zero-order valence-electron chi connectivity index (χ0n) is 11.8. The van der Waals surface area contributed by atoms with Crippen LogP contribution >= 0.6 is 23.2 Å². The fourth-order valence-corrected chi connectivity index (χ4v) is 2.27. The highest BCUT2D eigenvalue weighted by Gasteiger charge is 2.07. The van der Waals surface area contributed by atoms with E-state index in [2.05, 4.69) is 0 Å². The molecule has 0 bridgehead atoms. The van der Waals surface area contributed by atoms with Crippen molar-refractivity contribution in [2.24, 2.45) is 0 Å². The minimum atomic E-state index is -1.29. The number of aliphatic carboxylic acids is 1. The lowest BCUT2D eigenvalue weighted by Gasteiger charge is -2.06. The maximum absolute atomic E-state index is 12.1. The molecule has 0 radical (unpaired) electrons. The maximum atomic E-state index is 12.1. The number of ketones is 1. The van der Waals surface area contributed by atoms with Gasteiger partial charge in [-0.05, 0) is 42.0 Å². The number of halogens is 2. The van der Waals surface area contributed by atoms with Gasteiger partial charge in [0, 0.05) is 10.6 Å². The Balaban J connectivity index is 2.04. The van der Waals surface area contributed by atoms with Gasteiger partial charge in [-0.1, -0.05) is 41.4 Å². The summed E-state index contributed by atoms with van der Waals surface area (Å²) < 4.78 is 4.96. The highest BCUT2D eigenvalue weighted by atomic mass is 35.5. The minimum absolute atomic E-state index is 0.246. The Kier molecular flexibility index (Phi) is 5.79. The first-order valence-corrected chi connectivity index (χ1v) is 7.31. The van der Waals surface area contributed by atoms with E-state index in [1.54, 1.807) is 42.5 Å². The first-order chi connectivity index (χ1) is 11.0. The van der Waals surface area contributed by atoms with E-state index in [4.69, 9.17) is 27.9 Å². The molecule has 2 aromatic carbocycles. The van der Waals surface area contributed by atoms with Crippen LogP contribution in [0.2, 0.25) is 10.0 Å². The summed E-state index contributed by atoms with van der Waals surface area (Å²) in [7, 11) is 0. The second-order valence-electron chi connectivity index (χ2n) is 4.55. The predicted octanol–water partition coefficient (Wildman–Crippen LogP) is 3.02. The zero-order valence-corrected chi connectivity index (χ0v) is 13.3. The molecule has 0 spiro atoms. The number of carboxylic acid groups (broad SMARTS) is 1. The third-order valence-corrected chi connectivity index (χ3v) is 3.41. The first-order valence-electron chi connectivity index (χ1n) is 6.56. The Morgan fingerprint density at radius 2 is 1.78 bits per heavy atom. The quantitative estimate of drug-likeness (QED) is 0.593. The Morgan fingerprint density at radius 3 is 2.39 bits per heavy atom. The van der Waals surface area contributed by atoms with Crippen molar-refractivity contribution in [3.63, 3.8) is 0 Å². The molecule has 2 aromatic rings. The number of rotatable bonds is 6. The summed E-state index contributed by atoms with van der Waals surface area (Å²) >= 11 is 11.8. The molecule has 0 aromatic heterocycles. The molecule has 0 amide bonds. The van der Waals surface area contributed by atoms with Crippen molar-refractivity contribution in [2.45, 2.75) is 0 Å². The van der Waals surface area contributed by atoms with E-state index >= 15 is 0 Å². The van der Waals surface area contributed by atoms with E-state index in [-0.39, 0.29) is 10.8 Å². The molecule has 6 heteroatoms. The maximum Gasteiger partial charge on any atom is 0.187 e. The van der Waals surface area contributed by atoms with Crippen LogP contribution in [0.1, 0.15) is 15.9 Å². The number of hydrogen-bond donors (Lipinski definition) is 0. The van der Waals surface area contributed by atoms with Crippen molar-refractivity contribution in [2.75, 3.05) is 6.61 Å². The van der Waals surface area contributed by atoms with E-state index in [9.17, 15) is 14.7 Å². The monoisotopic (exact) mass is 349 g/mol. The first kappa shape index (κ1) is 17.1. The van der Waals surface area contributed by atoms with Crippen LogP contribution in [0, 0.1) is 0 Å². The van der Waals surface area contributed by atoms with Crippen molar-refractivity contribution in [1.29, 1.82) is 0 Å². The number of benzene rings is 2. The molecule has 2 rings (SSSR count). The lowest BCUT2D eigenvalue weighted by Crippen LogP contribution is -2.28. The summed E-state index contributed by atoms with van der Waals surface area (Å²) in [4.78, 5) is 22.4. The van der Waals surface area contributed by atoms with Crippen LogP contribution in [-0.4, -0.2) is 18.4 Å². The van der Waals surface area contributed by atoms with Gasteiger partial charge in [0.15, 0.2) is 5.78 Å². The molecule has 0 saturated carbocycles. The second kappa shape index (κ2) is 7.81. The molecule has 118 valence electrons. The van der Waals surface area contributed by atoms with Gasteiger partial charge in [-0.25, -0.2) is 0 Å². The molecule has 0 N–H and O–H groups in total. The molecular weight excluding hydrogens is 339 g/mol. The Morgan fingerprint density at radius 1 is 1.09 bits per heavy atom. The highest BCUT2D eigenvalue weighted by Crippen LogP contribution is 2.22. The molecule has 0 atom stereocenters. The van der Waals surface area contributed by atoms with E-state index in [0.717, 1.165) is 5.56 Å². The van der Waals surface area contributed by atoms with Gasteiger partial charge in [-0.2, -0.15) is 0 Å². The van der Waals surface area contributed by atoms with E-state index < -0.39 is 12.6 Å². The van der Waals surface area contributed by atoms with Crippen LogP contribution in [-0.2, 0) is 4.79 Å². The number of ether oxygens (including phenoxy) is 1. The van der Waals surface area contributed by atoms with E-state index in [0.29, 0.717) is 16.3 Å². The predicted molar refractivity (Wildman–Crippen MR) is 86.8 cm³/mol. The standard InChI is InChI=1S/C17H12Cl2O4/c18-12-4-7-14(15(19)9-12)16(20)8-3-11-1-5-13(6-2-11)23-10-17(21)22/h1-9H,10H2,(H,21,22)/p-1/b8-3+. The minimum Gasteiger partial charge on any atom is -0.546 e. The van der Waals surface area contributed by atoms with Crippen molar-refractivity contribution >= 4 is 41.0 Å². The average Bonchev–Trinajstić information content (AvgIpc) is 2.51. The highest BCUT2D eigenvalue weighted by molar-refractivity contribution is 6.37. The third kappa shape index (κ3) is 5.13. The largest absolute Gasteiger partial charge is 0.546 e. The van der Waals surface area contributed by atoms with E-state index in [1.807, 2.05) is 0 Å². The molecule has 0 saturated heterocycles. The van der Waals surface area contributed by atoms with Gasteiger partial charge in [-0.3, -0.25) is 4.79 Å². The van der Waals surface area contributed by atoms with Crippen molar-refractivity contribution < 1.29 is 19.4 Å². The number of carbonyl (C=O) groups excluding carboxylic acids is 2. The molecule has 23 heavy (non-hydrogen) atoms. The molecular formula is C17H11Cl2O4-. The molecule has 0 aliphatic heterocycles. The van der Waals surface area contributed by atoms with Crippen LogP contribution in [0.4, 0.5) is 0 Å². The van der Waals surface area contributed by atoms with Gasteiger partial charge >= 0.3 is 0 Å². The zero-order chi connectivity index (χ0) is 16.8. The van der Waals surface area contributed by atoms with Gasteiger partial charge < -0.3 is 14.6 Å². The molecule has 0 fully saturated rings. The third-order valence-electron chi connectivity index (χ3n) is 2.86.